The molecular formula is C18H30N2O. The molecule has 0 amide bonds. The molecule has 1 atom stereocenters. The Kier molecular flexibility index (Phi) is 6.22. The van der Waals surface area contributed by atoms with Crippen molar-refractivity contribution in [2.24, 2.45) is 11.8 Å². The Balaban J connectivity index is 1.89. The molecule has 0 radical (unpaired) electrons. The number of hydrazine groups is 1. The second-order valence-corrected chi connectivity index (χ2v) is 6.55. The van der Waals surface area contributed by atoms with Crippen molar-refractivity contribution in [3.8, 4) is 0 Å². The van der Waals surface area contributed by atoms with Crippen LogP contribution in [0.3, 0.4) is 0 Å². The molecule has 0 spiro atoms. The molecule has 0 aromatic heterocycles. The number of methoxy groups -OCH3 is 1. The molecule has 3 nitrogen and oxygen atoms in total. The largest absolute Gasteiger partial charge is 0.377 e. The zero-order chi connectivity index (χ0) is 15.1. The minimum atomic E-state index is -0.0715. The first-order valence-corrected chi connectivity index (χ1v) is 8.25. The van der Waals surface area contributed by atoms with Crippen molar-refractivity contribution in [3.05, 3.63) is 35.9 Å². The fraction of sp³-hybridized carbons (Fsp3) is 0.667. The molecule has 1 saturated carbocycles. The van der Waals surface area contributed by atoms with Crippen LogP contribution < -0.4 is 11.3 Å². The Morgan fingerprint density at radius 2 is 1.95 bits per heavy atom. The summed E-state index contributed by atoms with van der Waals surface area (Å²) in [5.41, 5.74) is 4.37. The van der Waals surface area contributed by atoms with Crippen LogP contribution in [0.5, 0.6) is 0 Å². The van der Waals surface area contributed by atoms with Crippen LogP contribution in [-0.4, -0.2) is 18.8 Å². The van der Waals surface area contributed by atoms with Gasteiger partial charge in [0.15, 0.2) is 0 Å². The predicted molar refractivity (Wildman–Crippen MR) is 87.9 cm³/mol. The molecule has 0 saturated heterocycles. The van der Waals surface area contributed by atoms with Crippen molar-refractivity contribution in [2.45, 2.75) is 63.5 Å². The molecule has 3 N–H and O–H groups in total. The first-order chi connectivity index (χ1) is 10.2. The van der Waals surface area contributed by atoms with Crippen LogP contribution in [0, 0.1) is 5.92 Å². The highest BCUT2D eigenvalue weighted by atomic mass is 16.5. The van der Waals surface area contributed by atoms with Gasteiger partial charge < -0.3 is 4.74 Å². The summed E-state index contributed by atoms with van der Waals surface area (Å²) < 4.78 is 5.94. The first kappa shape index (κ1) is 16.5. The maximum atomic E-state index is 5.94. The van der Waals surface area contributed by atoms with Crippen LogP contribution in [-0.2, 0) is 11.2 Å². The van der Waals surface area contributed by atoms with Crippen LogP contribution >= 0.6 is 0 Å². The van der Waals surface area contributed by atoms with E-state index in [0.29, 0.717) is 0 Å². The number of aryl methyl sites for hydroxylation is 1. The van der Waals surface area contributed by atoms with E-state index in [4.69, 9.17) is 10.6 Å². The fourth-order valence-electron chi connectivity index (χ4n) is 3.60. The molecular weight excluding hydrogens is 260 g/mol. The van der Waals surface area contributed by atoms with Crippen molar-refractivity contribution in [1.29, 1.82) is 0 Å². The molecule has 118 valence electrons. The third-order valence-electron chi connectivity index (χ3n) is 5.16. The Hall–Kier alpha value is -0.900. The highest BCUT2D eigenvalue weighted by Gasteiger charge is 2.40. The van der Waals surface area contributed by atoms with E-state index in [0.717, 1.165) is 38.0 Å². The van der Waals surface area contributed by atoms with E-state index in [1.165, 1.54) is 18.4 Å². The smallest absolute Gasteiger partial charge is 0.0844 e. The number of rotatable bonds is 7. The van der Waals surface area contributed by atoms with Gasteiger partial charge in [-0.2, -0.15) is 0 Å². The van der Waals surface area contributed by atoms with Gasteiger partial charge in [0.25, 0.3) is 0 Å². The lowest BCUT2D eigenvalue weighted by Gasteiger charge is -2.44. The Labute approximate surface area is 129 Å². The minimum absolute atomic E-state index is 0.0715. The second kappa shape index (κ2) is 7.92. The number of nitrogens with one attached hydrogen (secondary N) is 1. The quantitative estimate of drug-likeness (QED) is 0.597. The highest BCUT2D eigenvalue weighted by Crippen LogP contribution is 2.38. The van der Waals surface area contributed by atoms with Gasteiger partial charge in [0.05, 0.1) is 11.6 Å². The normalized spacial score (nSPS) is 27.5. The van der Waals surface area contributed by atoms with Crippen LogP contribution in [0.4, 0.5) is 0 Å². The maximum absolute atomic E-state index is 5.94. The molecule has 1 aromatic rings. The van der Waals surface area contributed by atoms with Gasteiger partial charge in [0.2, 0.25) is 0 Å². The van der Waals surface area contributed by atoms with E-state index in [2.05, 4.69) is 42.7 Å². The number of hydrogen-bond acceptors (Lipinski definition) is 3. The summed E-state index contributed by atoms with van der Waals surface area (Å²) in [5.74, 6) is 6.66. The van der Waals surface area contributed by atoms with E-state index >= 15 is 0 Å². The fourth-order valence-corrected chi connectivity index (χ4v) is 3.60. The van der Waals surface area contributed by atoms with E-state index in [9.17, 15) is 0 Å². The van der Waals surface area contributed by atoms with Crippen LogP contribution in [0.1, 0.15) is 51.0 Å². The minimum Gasteiger partial charge on any atom is -0.377 e. The van der Waals surface area contributed by atoms with E-state index in [-0.39, 0.29) is 11.6 Å². The van der Waals surface area contributed by atoms with Gasteiger partial charge in [0.1, 0.15) is 0 Å². The molecule has 0 heterocycles. The maximum Gasteiger partial charge on any atom is 0.0844 e. The monoisotopic (exact) mass is 290 g/mol. The van der Waals surface area contributed by atoms with Crippen molar-refractivity contribution < 1.29 is 4.74 Å². The molecule has 1 aliphatic rings. The van der Waals surface area contributed by atoms with E-state index < -0.39 is 0 Å². The van der Waals surface area contributed by atoms with Crippen molar-refractivity contribution in [1.82, 2.24) is 5.43 Å². The average molecular weight is 290 g/mol. The van der Waals surface area contributed by atoms with Gasteiger partial charge in [-0.05, 0) is 56.4 Å². The van der Waals surface area contributed by atoms with Gasteiger partial charge in [0, 0.05) is 7.11 Å². The second-order valence-electron chi connectivity index (χ2n) is 6.55. The zero-order valence-electron chi connectivity index (χ0n) is 13.5. The van der Waals surface area contributed by atoms with E-state index in [1.54, 1.807) is 0 Å². The predicted octanol–water partition coefficient (Wildman–Crippen LogP) is 3.44. The van der Waals surface area contributed by atoms with Crippen molar-refractivity contribution >= 4 is 0 Å². The molecule has 0 aliphatic heterocycles. The molecule has 1 fully saturated rings. The molecule has 2 rings (SSSR count). The lowest BCUT2D eigenvalue weighted by Crippen LogP contribution is -2.56. The summed E-state index contributed by atoms with van der Waals surface area (Å²) in [6.45, 7) is 2.33. The standard InChI is InChI=1S/C18H30N2O/c1-15-11-13-18(21-2,14-12-15)17(20-19)10-6-9-16-7-4-3-5-8-16/h3-5,7-8,15,17,20H,6,9-14,19H2,1-2H3. The Morgan fingerprint density at radius 3 is 2.52 bits per heavy atom. The molecule has 1 aromatic carbocycles. The van der Waals surface area contributed by atoms with Crippen molar-refractivity contribution in [2.75, 3.05) is 7.11 Å². The third kappa shape index (κ3) is 4.29. The summed E-state index contributed by atoms with van der Waals surface area (Å²) in [6.07, 6.45) is 8.02. The van der Waals surface area contributed by atoms with Crippen LogP contribution in [0.15, 0.2) is 30.3 Å². The van der Waals surface area contributed by atoms with Crippen LogP contribution in [0.25, 0.3) is 0 Å². The Morgan fingerprint density at radius 1 is 1.29 bits per heavy atom. The van der Waals surface area contributed by atoms with Gasteiger partial charge in [-0.25, -0.2) is 0 Å². The van der Waals surface area contributed by atoms with E-state index in [1.807, 2.05) is 7.11 Å². The van der Waals surface area contributed by atoms with Crippen molar-refractivity contribution in [3.63, 3.8) is 0 Å². The lowest BCUT2D eigenvalue weighted by molar-refractivity contribution is -0.0768. The number of hydrogen-bond donors (Lipinski definition) is 2. The summed E-state index contributed by atoms with van der Waals surface area (Å²) >= 11 is 0. The van der Waals surface area contributed by atoms with Gasteiger partial charge in [-0.3, -0.25) is 11.3 Å². The molecule has 3 heteroatoms. The summed E-state index contributed by atoms with van der Waals surface area (Å²) in [5, 5.41) is 0. The topological polar surface area (TPSA) is 47.3 Å². The van der Waals surface area contributed by atoms with Gasteiger partial charge in [-0.1, -0.05) is 37.3 Å². The summed E-state index contributed by atoms with van der Waals surface area (Å²) in [7, 11) is 1.84. The average Bonchev–Trinajstić information content (AvgIpc) is 2.54. The third-order valence-corrected chi connectivity index (χ3v) is 5.16. The molecule has 1 unspecified atom stereocenters. The Bertz CT molecular complexity index is 399. The van der Waals surface area contributed by atoms with Gasteiger partial charge in [-0.15, -0.1) is 0 Å². The zero-order valence-corrected chi connectivity index (χ0v) is 13.5. The number of benzene rings is 1. The molecule has 21 heavy (non-hydrogen) atoms. The van der Waals surface area contributed by atoms with Crippen LogP contribution in [0.2, 0.25) is 0 Å². The lowest BCUT2D eigenvalue weighted by atomic mass is 9.74. The summed E-state index contributed by atoms with van der Waals surface area (Å²) in [6, 6.07) is 10.9. The highest BCUT2D eigenvalue weighted by molar-refractivity contribution is 5.14. The molecule has 1 aliphatic carbocycles. The number of nitrogens with two attached hydrogens (primary N) is 1. The molecule has 0 bridgehead atoms. The number of ether oxygens (including phenoxy) is 1. The SMILES string of the molecule is COC1(C(CCCc2ccccc2)NN)CCC(C)CC1. The van der Waals surface area contributed by atoms with Gasteiger partial charge >= 0.3 is 0 Å². The summed E-state index contributed by atoms with van der Waals surface area (Å²) in [4.78, 5) is 0. The first-order valence-electron chi connectivity index (χ1n) is 8.25.